The zero-order valence-electron chi connectivity index (χ0n) is 15.9. The lowest BCUT2D eigenvalue weighted by molar-refractivity contribution is -0.116. The van der Waals surface area contributed by atoms with E-state index in [-0.39, 0.29) is 18.9 Å². The lowest BCUT2D eigenvalue weighted by atomic mass is 10.3. The first-order valence-electron chi connectivity index (χ1n) is 9.19. The van der Waals surface area contributed by atoms with Gasteiger partial charge in [0.2, 0.25) is 5.91 Å². The van der Waals surface area contributed by atoms with Crippen LogP contribution in [0.1, 0.15) is 6.42 Å². The number of fused-ring (bicyclic) bond motifs is 1. The van der Waals surface area contributed by atoms with E-state index in [1.54, 1.807) is 25.7 Å². The number of carbonyl (C=O) groups is 1. The number of aromatic nitrogens is 3. The average Bonchev–Trinajstić information content (AvgIpc) is 3.19. The number of nitrogens with one attached hydrogen (secondary N) is 1. The van der Waals surface area contributed by atoms with Crippen LogP contribution in [0, 0.1) is 0 Å². The molecular formula is C22H20N4O3. The predicted molar refractivity (Wildman–Crippen MR) is 111 cm³/mol. The van der Waals surface area contributed by atoms with Crippen molar-refractivity contribution in [2.75, 3.05) is 19.0 Å². The fourth-order valence-electron chi connectivity index (χ4n) is 2.96. The van der Waals surface area contributed by atoms with Gasteiger partial charge in [0.15, 0.2) is 11.5 Å². The summed E-state index contributed by atoms with van der Waals surface area (Å²) < 4.78 is 12.8. The second kappa shape index (κ2) is 8.43. The highest BCUT2D eigenvalue weighted by atomic mass is 16.5. The number of methoxy groups -OCH3 is 1. The second-order valence-electron chi connectivity index (χ2n) is 6.31. The van der Waals surface area contributed by atoms with Crippen molar-refractivity contribution in [1.29, 1.82) is 0 Å². The summed E-state index contributed by atoms with van der Waals surface area (Å²) in [7, 11) is 1.58. The summed E-state index contributed by atoms with van der Waals surface area (Å²) in [5.74, 6) is 1.83. The third-order valence-corrected chi connectivity index (χ3v) is 4.39. The Morgan fingerprint density at radius 1 is 1.00 bits per heavy atom. The van der Waals surface area contributed by atoms with Crippen molar-refractivity contribution in [3.63, 3.8) is 0 Å². The van der Waals surface area contributed by atoms with E-state index in [1.807, 2.05) is 59.2 Å². The predicted octanol–water partition coefficient (Wildman–Crippen LogP) is 3.84. The first kappa shape index (κ1) is 18.5. The quantitative estimate of drug-likeness (QED) is 0.520. The zero-order valence-corrected chi connectivity index (χ0v) is 15.9. The van der Waals surface area contributed by atoms with E-state index in [9.17, 15) is 4.79 Å². The van der Waals surface area contributed by atoms with E-state index in [4.69, 9.17) is 9.47 Å². The largest absolute Gasteiger partial charge is 0.493 e. The number of carbonyl (C=O) groups excluding carboxylic acids is 1. The molecule has 0 saturated heterocycles. The fraction of sp³-hybridized carbons (Fsp3) is 0.136. The van der Waals surface area contributed by atoms with Crippen LogP contribution in [-0.4, -0.2) is 34.2 Å². The molecule has 1 N–H and O–H groups in total. The molecule has 4 aromatic rings. The average molecular weight is 388 g/mol. The molecule has 7 heteroatoms. The third kappa shape index (κ3) is 4.19. The Kier molecular flexibility index (Phi) is 5.38. The summed E-state index contributed by atoms with van der Waals surface area (Å²) in [5, 5.41) is 2.83. The molecule has 0 saturated carbocycles. The number of anilines is 1. The summed E-state index contributed by atoms with van der Waals surface area (Å²) in [6.45, 7) is 0.249. The SMILES string of the molecule is COc1ccccc1OCCC(=O)Nc1ccc(-n2cnc3ccccc32)nc1. The number of ether oxygens (including phenoxy) is 2. The molecule has 0 fully saturated rings. The molecule has 2 aromatic heterocycles. The van der Waals surface area contributed by atoms with Gasteiger partial charge in [-0.25, -0.2) is 9.97 Å². The number of para-hydroxylation sites is 4. The highest BCUT2D eigenvalue weighted by molar-refractivity contribution is 5.90. The molecule has 0 aliphatic carbocycles. The van der Waals surface area contributed by atoms with Gasteiger partial charge in [-0.05, 0) is 36.4 Å². The smallest absolute Gasteiger partial charge is 0.227 e. The molecule has 0 spiro atoms. The Balaban J connectivity index is 1.34. The van der Waals surface area contributed by atoms with Gasteiger partial charge < -0.3 is 14.8 Å². The van der Waals surface area contributed by atoms with E-state index < -0.39 is 0 Å². The van der Waals surface area contributed by atoms with E-state index in [1.165, 1.54) is 0 Å². The summed E-state index contributed by atoms with van der Waals surface area (Å²) in [6, 6.07) is 18.8. The minimum Gasteiger partial charge on any atom is -0.493 e. The Morgan fingerprint density at radius 2 is 1.79 bits per heavy atom. The van der Waals surface area contributed by atoms with Gasteiger partial charge >= 0.3 is 0 Å². The minimum atomic E-state index is -0.150. The Hall–Kier alpha value is -3.87. The van der Waals surface area contributed by atoms with Gasteiger partial charge in [0.05, 0.1) is 43.1 Å². The van der Waals surface area contributed by atoms with E-state index in [2.05, 4.69) is 15.3 Å². The van der Waals surface area contributed by atoms with Crippen LogP contribution in [0.5, 0.6) is 11.5 Å². The van der Waals surface area contributed by atoms with Crippen LogP contribution < -0.4 is 14.8 Å². The van der Waals surface area contributed by atoms with Crippen molar-refractivity contribution in [3.05, 3.63) is 73.2 Å². The molecule has 2 heterocycles. The minimum absolute atomic E-state index is 0.150. The zero-order chi connectivity index (χ0) is 20.1. The molecule has 4 rings (SSSR count). The third-order valence-electron chi connectivity index (χ3n) is 4.39. The number of hydrogen-bond donors (Lipinski definition) is 1. The van der Waals surface area contributed by atoms with Gasteiger partial charge in [-0.2, -0.15) is 0 Å². The number of benzene rings is 2. The van der Waals surface area contributed by atoms with Crippen LogP contribution in [0.3, 0.4) is 0 Å². The normalized spacial score (nSPS) is 10.7. The first-order valence-corrected chi connectivity index (χ1v) is 9.19. The number of rotatable bonds is 7. The van der Waals surface area contributed by atoms with Crippen LogP contribution in [0.15, 0.2) is 73.2 Å². The number of imidazole rings is 1. The van der Waals surface area contributed by atoms with Gasteiger partial charge in [-0.15, -0.1) is 0 Å². The van der Waals surface area contributed by atoms with Crippen LogP contribution in [0.25, 0.3) is 16.9 Å². The van der Waals surface area contributed by atoms with Crippen molar-refractivity contribution in [1.82, 2.24) is 14.5 Å². The van der Waals surface area contributed by atoms with Gasteiger partial charge in [-0.1, -0.05) is 24.3 Å². The highest BCUT2D eigenvalue weighted by Gasteiger charge is 2.08. The Bertz CT molecular complexity index is 1120. The van der Waals surface area contributed by atoms with E-state index >= 15 is 0 Å². The molecule has 0 aliphatic heterocycles. The molecule has 0 radical (unpaired) electrons. The maximum absolute atomic E-state index is 12.2. The number of hydrogen-bond acceptors (Lipinski definition) is 5. The first-order chi connectivity index (χ1) is 14.2. The van der Waals surface area contributed by atoms with Crippen LogP contribution >= 0.6 is 0 Å². The van der Waals surface area contributed by atoms with Crippen LogP contribution in [0.4, 0.5) is 5.69 Å². The number of amides is 1. The van der Waals surface area contributed by atoms with Crippen LogP contribution in [-0.2, 0) is 4.79 Å². The maximum Gasteiger partial charge on any atom is 0.227 e. The molecule has 0 aliphatic rings. The fourth-order valence-corrected chi connectivity index (χ4v) is 2.96. The molecule has 0 unspecified atom stereocenters. The lowest BCUT2D eigenvalue weighted by Gasteiger charge is -2.10. The van der Waals surface area contributed by atoms with Gasteiger partial charge in [0, 0.05) is 0 Å². The molecule has 0 atom stereocenters. The molecule has 29 heavy (non-hydrogen) atoms. The molecular weight excluding hydrogens is 368 g/mol. The Labute approximate surface area is 167 Å². The second-order valence-corrected chi connectivity index (χ2v) is 6.31. The number of pyridine rings is 1. The standard InChI is InChI=1S/C22H20N4O3/c1-28-19-8-4-5-9-20(19)29-13-12-22(27)25-16-10-11-21(23-14-16)26-15-24-17-6-2-3-7-18(17)26/h2-11,14-15H,12-13H2,1H3,(H,25,27). The van der Waals surface area contributed by atoms with Gasteiger partial charge in [0.1, 0.15) is 12.1 Å². The van der Waals surface area contributed by atoms with E-state index in [0.717, 1.165) is 16.9 Å². The summed E-state index contributed by atoms with van der Waals surface area (Å²) >= 11 is 0. The number of nitrogens with zero attached hydrogens (tertiary/aromatic N) is 3. The van der Waals surface area contributed by atoms with Crippen molar-refractivity contribution in [2.45, 2.75) is 6.42 Å². The summed E-state index contributed by atoms with van der Waals surface area (Å²) in [6.07, 6.45) is 3.58. The van der Waals surface area contributed by atoms with Crippen molar-refractivity contribution < 1.29 is 14.3 Å². The molecule has 2 aromatic carbocycles. The van der Waals surface area contributed by atoms with Crippen molar-refractivity contribution in [2.24, 2.45) is 0 Å². The molecule has 0 bridgehead atoms. The highest BCUT2D eigenvalue weighted by Crippen LogP contribution is 2.25. The van der Waals surface area contributed by atoms with Gasteiger partial charge in [0.25, 0.3) is 0 Å². The summed E-state index contributed by atoms with van der Waals surface area (Å²) in [4.78, 5) is 21.0. The topological polar surface area (TPSA) is 78.3 Å². The van der Waals surface area contributed by atoms with E-state index in [0.29, 0.717) is 17.2 Å². The maximum atomic E-state index is 12.2. The Morgan fingerprint density at radius 3 is 2.59 bits per heavy atom. The summed E-state index contributed by atoms with van der Waals surface area (Å²) in [5.41, 5.74) is 2.51. The molecule has 1 amide bonds. The molecule has 146 valence electrons. The van der Waals surface area contributed by atoms with Crippen molar-refractivity contribution >= 4 is 22.6 Å². The monoisotopic (exact) mass is 388 g/mol. The van der Waals surface area contributed by atoms with Crippen LogP contribution in [0.2, 0.25) is 0 Å². The lowest BCUT2D eigenvalue weighted by Crippen LogP contribution is -2.15. The molecule has 7 nitrogen and oxygen atoms in total. The van der Waals surface area contributed by atoms with Crippen molar-refractivity contribution in [3.8, 4) is 17.3 Å². The van der Waals surface area contributed by atoms with Gasteiger partial charge in [-0.3, -0.25) is 9.36 Å².